The van der Waals surface area contributed by atoms with Crippen LogP contribution in [-0.2, 0) is 16.5 Å². The Morgan fingerprint density at radius 1 is 1.37 bits per heavy atom. The number of aryl methyl sites for hydroxylation is 1. The molecule has 0 aliphatic carbocycles. The van der Waals surface area contributed by atoms with Gasteiger partial charge in [0.15, 0.2) is 0 Å². The highest BCUT2D eigenvalue weighted by Gasteiger charge is 2.20. The van der Waals surface area contributed by atoms with Crippen LogP contribution in [0.25, 0.3) is 0 Å². The maximum Gasteiger partial charge on any atom is 0.101 e. The molecule has 0 amide bonds. The average Bonchev–Trinajstić information content (AvgIpc) is 2.79. The molecule has 0 saturated carbocycles. The molecule has 0 spiro atoms. The van der Waals surface area contributed by atoms with E-state index in [1.807, 2.05) is 19.4 Å². The molecule has 0 bridgehead atoms. The lowest BCUT2D eigenvalue weighted by Gasteiger charge is -2.22. The third-order valence-corrected chi connectivity index (χ3v) is 2.89. The van der Waals surface area contributed by atoms with Crippen LogP contribution in [-0.4, -0.2) is 35.6 Å². The third kappa shape index (κ3) is 5.72. The van der Waals surface area contributed by atoms with Crippen molar-refractivity contribution in [1.29, 1.82) is 0 Å². The Labute approximate surface area is 116 Å². The van der Waals surface area contributed by atoms with Gasteiger partial charge in [0, 0.05) is 31.5 Å². The molecule has 1 aromatic rings. The van der Waals surface area contributed by atoms with Gasteiger partial charge in [0.25, 0.3) is 0 Å². The largest absolute Gasteiger partial charge is 0.379 e. The summed E-state index contributed by atoms with van der Waals surface area (Å²) in [5, 5.41) is 4.17. The lowest BCUT2D eigenvalue weighted by Crippen LogP contribution is -2.30. The summed E-state index contributed by atoms with van der Waals surface area (Å²) in [7, 11) is 1.89. The fourth-order valence-corrected chi connectivity index (χ4v) is 1.82. The van der Waals surface area contributed by atoms with Crippen molar-refractivity contribution in [2.24, 2.45) is 18.7 Å². The molecule has 1 rings (SSSR count). The summed E-state index contributed by atoms with van der Waals surface area (Å²) in [5.74, 6) is 0.548. The SMILES string of the molecule is CCC(N)C(OCCOCC(C)C)c1cnn(C)c1. The number of ether oxygens (including phenoxy) is 2. The topological polar surface area (TPSA) is 62.3 Å². The van der Waals surface area contributed by atoms with Gasteiger partial charge in [-0.05, 0) is 12.3 Å². The van der Waals surface area contributed by atoms with E-state index in [0.717, 1.165) is 18.6 Å². The molecule has 0 saturated heterocycles. The molecule has 0 aliphatic heterocycles. The average molecular weight is 269 g/mol. The maximum atomic E-state index is 6.12. The number of hydrogen-bond acceptors (Lipinski definition) is 4. The third-order valence-electron chi connectivity index (χ3n) is 2.89. The highest BCUT2D eigenvalue weighted by atomic mass is 16.5. The molecule has 5 nitrogen and oxygen atoms in total. The van der Waals surface area contributed by atoms with Gasteiger partial charge in [-0.25, -0.2) is 0 Å². The number of hydrogen-bond donors (Lipinski definition) is 1. The Bertz CT molecular complexity index is 352. The summed E-state index contributed by atoms with van der Waals surface area (Å²) in [5.41, 5.74) is 7.15. The van der Waals surface area contributed by atoms with E-state index in [0.29, 0.717) is 19.1 Å². The predicted molar refractivity (Wildman–Crippen MR) is 75.8 cm³/mol. The van der Waals surface area contributed by atoms with Crippen LogP contribution in [0.3, 0.4) is 0 Å². The minimum Gasteiger partial charge on any atom is -0.379 e. The summed E-state index contributed by atoms with van der Waals surface area (Å²) in [6.45, 7) is 8.25. The van der Waals surface area contributed by atoms with Crippen molar-refractivity contribution in [2.45, 2.75) is 39.3 Å². The normalized spacial score (nSPS) is 14.8. The van der Waals surface area contributed by atoms with Crippen LogP contribution in [0.5, 0.6) is 0 Å². The Balaban J connectivity index is 2.43. The Morgan fingerprint density at radius 2 is 2.11 bits per heavy atom. The molecule has 0 aromatic carbocycles. The molecule has 5 heteroatoms. The molecule has 110 valence electrons. The molecule has 1 heterocycles. The molecule has 19 heavy (non-hydrogen) atoms. The van der Waals surface area contributed by atoms with Gasteiger partial charge in [-0.3, -0.25) is 4.68 Å². The molecule has 2 N–H and O–H groups in total. The Hall–Kier alpha value is -0.910. The number of rotatable bonds is 9. The van der Waals surface area contributed by atoms with Crippen molar-refractivity contribution >= 4 is 0 Å². The summed E-state index contributed by atoms with van der Waals surface area (Å²) in [6.07, 6.45) is 4.53. The van der Waals surface area contributed by atoms with Crippen LogP contribution in [0.2, 0.25) is 0 Å². The van der Waals surface area contributed by atoms with Gasteiger partial charge in [-0.1, -0.05) is 20.8 Å². The molecule has 2 atom stereocenters. The van der Waals surface area contributed by atoms with Crippen molar-refractivity contribution in [3.05, 3.63) is 18.0 Å². The van der Waals surface area contributed by atoms with Gasteiger partial charge in [0.2, 0.25) is 0 Å². The fourth-order valence-electron chi connectivity index (χ4n) is 1.82. The predicted octanol–water partition coefficient (Wildman–Crippen LogP) is 1.89. The minimum absolute atomic E-state index is 0.0192. The van der Waals surface area contributed by atoms with E-state index in [2.05, 4.69) is 25.9 Å². The zero-order chi connectivity index (χ0) is 14.3. The molecule has 0 fully saturated rings. The lowest BCUT2D eigenvalue weighted by atomic mass is 10.0. The summed E-state index contributed by atoms with van der Waals surface area (Å²) in [4.78, 5) is 0. The van der Waals surface area contributed by atoms with Crippen LogP contribution in [0.4, 0.5) is 0 Å². The first kappa shape index (κ1) is 16.1. The van der Waals surface area contributed by atoms with Crippen LogP contribution in [0.1, 0.15) is 38.9 Å². The molecule has 0 aliphatic rings. The summed E-state index contributed by atoms with van der Waals surface area (Å²) < 4.78 is 13.2. The van der Waals surface area contributed by atoms with Crippen LogP contribution in [0.15, 0.2) is 12.4 Å². The van der Waals surface area contributed by atoms with Gasteiger partial charge >= 0.3 is 0 Å². The summed E-state index contributed by atoms with van der Waals surface area (Å²) >= 11 is 0. The second-order valence-electron chi connectivity index (χ2n) is 5.28. The molecule has 0 radical (unpaired) electrons. The van der Waals surface area contributed by atoms with E-state index in [-0.39, 0.29) is 12.1 Å². The maximum absolute atomic E-state index is 6.12. The van der Waals surface area contributed by atoms with Crippen molar-refractivity contribution in [1.82, 2.24) is 9.78 Å². The van der Waals surface area contributed by atoms with Crippen molar-refractivity contribution in [2.75, 3.05) is 19.8 Å². The molecular formula is C14H27N3O2. The quantitative estimate of drug-likeness (QED) is 0.695. The van der Waals surface area contributed by atoms with E-state index in [1.54, 1.807) is 4.68 Å². The second kappa shape index (κ2) is 8.30. The lowest BCUT2D eigenvalue weighted by molar-refractivity contribution is -0.0123. The summed E-state index contributed by atoms with van der Waals surface area (Å²) in [6, 6.07) is -0.0192. The number of aromatic nitrogens is 2. The van der Waals surface area contributed by atoms with Crippen molar-refractivity contribution in [3.8, 4) is 0 Å². The molecular weight excluding hydrogens is 242 g/mol. The van der Waals surface area contributed by atoms with E-state index < -0.39 is 0 Å². The minimum atomic E-state index is -0.110. The van der Waals surface area contributed by atoms with Crippen LogP contribution in [0, 0.1) is 5.92 Å². The zero-order valence-corrected chi connectivity index (χ0v) is 12.5. The van der Waals surface area contributed by atoms with E-state index in [4.69, 9.17) is 15.2 Å². The van der Waals surface area contributed by atoms with Crippen molar-refractivity contribution < 1.29 is 9.47 Å². The van der Waals surface area contributed by atoms with Gasteiger partial charge in [-0.2, -0.15) is 5.10 Å². The van der Waals surface area contributed by atoms with Crippen molar-refractivity contribution in [3.63, 3.8) is 0 Å². The van der Waals surface area contributed by atoms with E-state index >= 15 is 0 Å². The second-order valence-corrected chi connectivity index (χ2v) is 5.28. The molecule has 2 unspecified atom stereocenters. The number of nitrogens with zero attached hydrogens (tertiary/aromatic N) is 2. The standard InChI is InChI=1S/C14H27N3O2/c1-5-13(15)14(12-8-16-17(4)9-12)19-7-6-18-10-11(2)3/h8-9,11,13-14H,5-7,10,15H2,1-4H3. The first-order valence-corrected chi connectivity index (χ1v) is 6.98. The smallest absolute Gasteiger partial charge is 0.101 e. The van der Waals surface area contributed by atoms with E-state index in [1.165, 1.54) is 0 Å². The molecule has 1 aromatic heterocycles. The van der Waals surface area contributed by atoms with Crippen LogP contribution < -0.4 is 5.73 Å². The number of nitrogens with two attached hydrogens (primary N) is 1. The fraction of sp³-hybridized carbons (Fsp3) is 0.786. The van der Waals surface area contributed by atoms with Gasteiger partial charge in [0.1, 0.15) is 6.10 Å². The van der Waals surface area contributed by atoms with Gasteiger partial charge in [0.05, 0.1) is 19.4 Å². The first-order chi connectivity index (χ1) is 9.04. The highest BCUT2D eigenvalue weighted by Crippen LogP contribution is 2.21. The van der Waals surface area contributed by atoms with Gasteiger partial charge < -0.3 is 15.2 Å². The van der Waals surface area contributed by atoms with Crippen LogP contribution >= 0.6 is 0 Å². The first-order valence-electron chi connectivity index (χ1n) is 6.98. The van der Waals surface area contributed by atoms with Gasteiger partial charge in [-0.15, -0.1) is 0 Å². The monoisotopic (exact) mass is 269 g/mol. The zero-order valence-electron chi connectivity index (χ0n) is 12.5. The Kier molecular flexibility index (Phi) is 7.05. The van der Waals surface area contributed by atoms with E-state index in [9.17, 15) is 0 Å². The highest BCUT2D eigenvalue weighted by molar-refractivity contribution is 5.10. The Morgan fingerprint density at radius 3 is 2.63 bits per heavy atom.